The van der Waals surface area contributed by atoms with Crippen molar-refractivity contribution in [1.82, 2.24) is 25.5 Å². The highest BCUT2D eigenvalue weighted by Gasteiger charge is 2.16. The van der Waals surface area contributed by atoms with Gasteiger partial charge in [-0.1, -0.05) is 25.6 Å². The van der Waals surface area contributed by atoms with Crippen molar-refractivity contribution < 1.29 is 14.0 Å². The molecule has 2 aromatic rings. The van der Waals surface area contributed by atoms with Gasteiger partial charge in [0.15, 0.2) is 5.76 Å². The standard InChI is InChI=1S/C13H18N6O3S/c1-8(2)6-15-12(21)16-10(20)7-23-13-18-17-11(19(13)14)9-4-3-5-22-9/h3-5,8H,6-7,14H2,1-2H3,(H2,15,16,20,21). The van der Waals surface area contributed by atoms with E-state index in [1.54, 1.807) is 12.1 Å². The maximum absolute atomic E-state index is 11.7. The highest BCUT2D eigenvalue weighted by atomic mass is 32.2. The van der Waals surface area contributed by atoms with Crippen molar-refractivity contribution >= 4 is 23.7 Å². The molecule has 0 atom stereocenters. The van der Waals surface area contributed by atoms with E-state index in [-0.39, 0.29) is 5.75 Å². The Balaban J connectivity index is 1.84. The first-order valence-electron chi connectivity index (χ1n) is 6.92. The Morgan fingerprint density at radius 3 is 2.87 bits per heavy atom. The summed E-state index contributed by atoms with van der Waals surface area (Å²) in [5.41, 5.74) is 0. The topological polar surface area (TPSA) is 128 Å². The van der Waals surface area contributed by atoms with Crippen LogP contribution in [0.3, 0.4) is 0 Å². The van der Waals surface area contributed by atoms with E-state index in [0.717, 1.165) is 11.8 Å². The zero-order valence-electron chi connectivity index (χ0n) is 12.8. The normalized spacial score (nSPS) is 10.7. The molecule has 0 bridgehead atoms. The maximum atomic E-state index is 11.7. The van der Waals surface area contributed by atoms with Crippen LogP contribution in [-0.2, 0) is 4.79 Å². The summed E-state index contributed by atoms with van der Waals surface area (Å²) in [5, 5.41) is 13.0. The van der Waals surface area contributed by atoms with Crippen LogP contribution in [0.4, 0.5) is 4.79 Å². The highest BCUT2D eigenvalue weighted by molar-refractivity contribution is 7.99. The SMILES string of the molecule is CC(C)CNC(=O)NC(=O)CSc1nnc(-c2ccco2)n1N. The van der Waals surface area contributed by atoms with E-state index < -0.39 is 11.9 Å². The lowest BCUT2D eigenvalue weighted by Gasteiger charge is -2.08. The van der Waals surface area contributed by atoms with Crippen molar-refractivity contribution in [2.45, 2.75) is 19.0 Å². The Labute approximate surface area is 137 Å². The Morgan fingerprint density at radius 1 is 1.43 bits per heavy atom. The molecular formula is C13H18N6O3S. The number of nitrogens with one attached hydrogen (secondary N) is 2. The number of amides is 3. The predicted molar refractivity (Wildman–Crippen MR) is 85.0 cm³/mol. The zero-order valence-corrected chi connectivity index (χ0v) is 13.6. The van der Waals surface area contributed by atoms with Crippen LogP contribution < -0.4 is 16.5 Å². The minimum atomic E-state index is -0.519. The molecule has 23 heavy (non-hydrogen) atoms. The number of thioether (sulfide) groups is 1. The maximum Gasteiger partial charge on any atom is 0.321 e. The summed E-state index contributed by atoms with van der Waals surface area (Å²) >= 11 is 1.07. The second-order valence-electron chi connectivity index (χ2n) is 5.09. The molecule has 124 valence electrons. The third-order valence-electron chi connectivity index (χ3n) is 2.66. The molecule has 2 heterocycles. The van der Waals surface area contributed by atoms with Gasteiger partial charge in [0.25, 0.3) is 0 Å². The first kappa shape index (κ1) is 16.9. The number of carbonyl (C=O) groups is 2. The number of hydrogen-bond acceptors (Lipinski definition) is 7. The van der Waals surface area contributed by atoms with Crippen molar-refractivity contribution in [2.75, 3.05) is 18.1 Å². The van der Waals surface area contributed by atoms with Crippen molar-refractivity contribution in [1.29, 1.82) is 0 Å². The minimum Gasteiger partial charge on any atom is -0.461 e. The van der Waals surface area contributed by atoms with Gasteiger partial charge in [0.1, 0.15) is 0 Å². The van der Waals surface area contributed by atoms with E-state index in [9.17, 15) is 9.59 Å². The van der Waals surface area contributed by atoms with Gasteiger partial charge in [0.05, 0.1) is 12.0 Å². The van der Waals surface area contributed by atoms with E-state index in [0.29, 0.717) is 29.2 Å². The predicted octanol–water partition coefficient (Wildman–Crippen LogP) is 0.826. The van der Waals surface area contributed by atoms with E-state index in [2.05, 4.69) is 20.8 Å². The minimum absolute atomic E-state index is 0.0113. The van der Waals surface area contributed by atoms with Gasteiger partial charge in [0, 0.05) is 6.54 Å². The fourth-order valence-corrected chi connectivity index (χ4v) is 2.24. The molecular weight excluding hydrogens is 320 g/mol. The van der Waals surface area contributed by atoms with Gasteiger partial charge in [0.2, 0.25) is 16.9 Å². The number of urea groups is 1. The molecule has 0 aliphatic rings. The molecule has 0 fully saturated rings. The molecule has 9 nitrogen and oxygen atoms in total. The summed E-state index contributed by atoms with van der Waals surface area (Å²) in [5.74, 6) is 6.54. The van der Waals surface area contributed by atoms with Crippen LogP contribution >= 0.6 is 11.8 Å². The molecule has 10 heteroatoms. The third kappa shape index (κ3) is 4.74. The molecule has 0 aromatic carbocycles. The lowest BCUT2D eigenvalue weighted by Crippen LogP contribution is -2.41. The summed E-state index contributed by atoms with van der Waals surface area (Å²) in [4.78, 5) is 23.2. The van der Waals surface area contributed by atoms with Crippen LogP contribution in [-0.4, -0.2) is 39.1 Å². The first-order chi connectivity index (χ1) is 11.0. The Hall–Kier alpha value is -2.49. The molecule has 0 radical (unpaired) electrons. The van der Waals surface area contributed by atoms with Crippen molar-refractivity contribution in [2.24, 2.45) is 5.92 Å². The second-order valence-corrected chi connectivity index (χ2v) is 6.04. The number of nitrogens with zero attached hydrogens (tertiary/aromatic N) is 3. The summed E-state index contributed by atoms with van der Waals surface area (Å²) in [6.45, 7) is 4.42. The summed E-state index contributed by atoms with van der Waals surface area (Å²) < 4.78 is 6.43. The third-order valence-corrected chi connectivity index (χ3v) is 3.61. The van der Waals surface area contributed by atoms with Crippen LogP contribution in [0.25, 0.3) is 11.6 Å². The molecule has 3 amide bonds. The highest BCUT2D eigenvalue weighted by Crippen LogP contribution is 2.21. The monoisotopic (exact) mass is 338 g/mol. The largest absolute Gasteiger partial charge is 0.461 e. The van der Waals surface area contributed by atoms with E-state index in [1.165, 1.54) is 10.9 Å². The molecule has 2 aromatic heterocycles. The number of hydrogen-bond donors (Lipinski definition) is 3. The van der Waals surface area contributed by atoms with Crippen LogP contribution in [0, 0.1) is 5.92 Å². The number of nitrogens with two attached hydrogens (primary N) is 1. The lowest BCUT2D eigenvalue weighted by molar-refractivity contribution is -0.117. The van der Waals surface area contributed by atoms with E-state index in [1.807, 2.05) is 13.8 Å². The molecule has 0 unspecified atom stereocenters. The Morgan fingerprint density at radius 2 is 2.22 bits per heavy atom. The van der Waals surface area contributed by atoms with E-state index in [4.69, 9.17) is 10.3 Å². The smallest absolute Gasteiger partial charge is 0.321 e. The average Bonchev–Trinajstić information content (AvgIpc) is 3.12. The number of carbonyl (C=O) groups excluding carboxylic acids is 2. The number of furan rings is 1. The van der Waals surface area contributed by atoms with Crippen LogP contribution in [0.15, 0.2) is 28.0 Å². The second kappa shape index (κ2) is 7.68. The van der Waals surface area contributed by atoms with Gasteiger partial charge in [-0.3, -0.25) is 10.1 Å². The molecule has 0 saturated heterocycles. The van der Waals surface area contributed by atoms with Crippen LogP contribution in [0.2, 0.25) is 0 Å². The van der Waals surface area contributed by atoms with Gasteiger partial charge in [-0.05, 0) is 18.1 Å². The number of imide groups is 1. The van der Waals surface area contributed by atoms with E-state index >= 15 is 0 Å². The molecule has 0 spiro atoms. The lowest BCUT2D eigenvalue weighted by atomic mass is 10.2. The fourth-order valence-electron chi connectivity index (χ4n) is 1.58. The molecule has 0 aliphatic carbocycles. The van der Waals surface area contributed by atoms with Gasteiger partial charge < -0.3 is 15.6 Å². The number of aromatic nitrogens is 3. The van der Waals surface area contributed by atoms with Crippen molar-refractivity contribution in [3.05, 3.63) is 18.4 Å². The summed E-state index contributed by atoms with van der Waals surface area (Å²) in [7, 11) is 0. The van der Waals surface area contributed by atoms with Crippen LogP contribution in [0.5, 0.6) is 0 Å². The van der Waals surface area contributed by atoms with Gasteiger partial charge in [-0.15, -0.1) is 10.2 Å². The van der Waals surface area contributed by atoms with Gasteiger partial charge >= 0.3 is 6.03 Å². The Bertz CT molecular complexity index is 667. The molecule has 2 rings (SSSR count). The summed E-state index contributed by atoms with van der Waals surface area (Å²) in [6.07, 6.45) is 1.50. The fraction of sp³-hybridized carbons (Fsp3) is 0.385. The van der Waals surface area contributed by atoms with Gasteiger partial charge in [-0.25, -0.2) is 9.47 Å². The van der Waals surface area contributed by atoms with Crippen molar-refractivity contribution in [3.63, 3.8) is 0 Å². The summed E-state index contributed by atoms with van der Waals surface area (Å²) in [6, 6.07) is 2.89. The zero-order chi connectivity index (χ0) is 16.8. The molecule has 4 N–H and O–H groups in total. The van der Waals surface area contributed by atoms with Crippen molar-refractivity contribution in [3.8, 4) is 11.6 Å². The van der Waals surface area contributed by atoms with Crippen LogP contribution in [0.1, 0.15) is 13.8 Å². The molecule has 0 saturated carbocycles. The van der Waals surface area contributed by atoms with Gasteiger partial charge in [-0.2, -0.15) is 0 Å². The first-order valence-corrected chi connectivity index (χ1v) is 7.90. The number of nitrogen functional groups attached to an aromatic ring is 1. The average molecular weight is 338 g/mol. The Kier molecular flexibility index (Phi) is 5.63. The number of rotatable bonds is 6. The molecule has 0 aliphatic heterocycles. The quantitative estimate of drug-likeness (QED) is 0.525.